The Morgan fingerprint density at radius 2 is 1.53 bits per heavy atom. The first-order valence-electron chi connectivity index (χ1n) is 16.7. The van der Waals surface area contributed by atoms with E-state index in [1.54, 1.807) is 0 Å². The van der Waals surface area contributed by atoms with Gasteiger partial charge in [-0.1, -0.05) is 112 Å². The molecule has 1 atom stereocenters. The lowest BCUT2D eigenvalue weighted by Crippen LogP contribution is -2.68. The van der Waals surface area contributed by atoms with Crippen molar-refractivity contribution >= 4 is 47.6 Å². The average Bonchev–Trinajstić information content (AvgIpc) is 3.06. The van der Waals surface area contributed by atoms with Gasteiger partial charge in [0.25, 0.3) is 8.32 Å². The average molecular weight is 650 g/mol. The van der Waals surface area contributed by atoms with Crippen molar-refractivity contribution in [2.75, 3.05) is 6.61 Å². The summed E-state index contributed by atoms with van der Waals surface area (Å²) in [5.74, 6) is -0.524. The molecule has 0 spiro atoms. The number of carbonyl (C=O) groups is 2. The largest absolute Gasteiger partial charge is 0.465 e. The SMILES string of the molecule is CCOC(=O)C1(/C=C/c2ccc3ccc([C@@H](C)OC(C)=O)nc3c2)CCC(O[Si](c2ccccc2)(c2ccccc2)C(C)(C)C)CC1. The van der Waals surface area contributed by atoms with Gasteiger partial charge in [-0.05, 0) is 72.6 Å². The Balaban J connectivity index is 1.42. The zero-order valence-electron chi connectivity index (χ0n) is 28.5. The molecule has 3 aromatic carbocycles. The summed E-state index contributed by atoms with van der Waals surface area (Å²) >= 11 is 0. The summed E-state index contributed by atoms with van der Waals surface area (Å²) in [6.07, 6.45) is 6.42. The number of benzene rings is 3. The number of fused-ring (bicyclic) bond motifs is 1. The highest BCUT2D eigenvalue weighted by Gasteiger charge is 2.52. The second-order valence-corrected chi connectivity index (χ2v) is 17.9. The van der Waals surface area contributed by atoms with Gasteiger partial charge in [-0.3, -0.25) is 9.59 Å². The van der Waals surface area contributed by atoms with Crippen LogP contribution in [0.15, 0.2) is 97.1 Å². The van der Waals surface area contributed by atoms with Crippen molar-refractivity contribution in [1.29, 1.82) is 0 Å². The van der Waals surface area contributed by atoms with Gasteiger partial charge in [-0.15, -0.1) is 0 Å². The van der Waals surface area contributed by atoms with Gasteiger partial charge in [0.05, 0.1) is 23.2 Å². The summed E-state index contributed by atoms with van der Waals surface area (Å²) in [5.41, 5.74) is 1.69. The lowest BCUT2D eigenvalue weighted by atomic mass is 9.72. The van der Waals surface area contributed by atoms with Crippen LogP contribution in [0.1, 0.15) is 84.6 Å². The fraction of sp³-hybridized carbons (Fsp3) is 0.375. The molecule has 1 aromatic heterocycles. The molecule has 1 aliphatic carbocycles. The van der Waals surface area contributed by atoms with Crippen LogP contribution in [0.4, 0.5) is 0 Å². The highest BCUT2D eigenvalue weighted by atomic mass is 28.4. The molecule has 7 heteroatoms. The standard InChI is InChI=1S/C40H47NO5Si/c1-7-44-38(43)40(25-22-31-18-19-32-20-21-36(41-37(32)28-31)29(2)45-30(3)42)26-23-33(24-27-40)46-47(39(4,5)6,34-14-10-8-11-15-34)35-16-12-9-13-17-35/h8-22,25,28-29,33H,7,23-24,26-27H2,1-6H3/b25-22+/t29-,33?,40?/m1/s1. The number of rotatable bonds is 10. The molecule has 0 amide bonds. The van der Waals surface area contributed by atoms with Gasteiger partial charge in [0.1, 0.15) is 6.10 Å². The molecule has 0 unspecified atom stereocenters. The van der Waals surface area contributed by atoms with Crippen LogP contribution in [-0.2, 0) is 23.5 Å². The summed E-state index contributed by atoms with van der Waals surface area (Å²) in [6, 6.07) is 31.4. The minimum Gasteiger partial charge on any atom is -0.465 e. The summed E-state index contributed by atoms with van der Waals surface area (Å²) in [6.45, 7) is 12.3. The van der Waals surface area contributed by atoms with E-state index in [9.17, 15) is 9.59 Å². The second kappa shape index (κ2) is 14.4. The summed E-state index contributed by atoms with van der Waals surface area (Å²) in [5, 5.41) is 3.39. The molecule has 1 aliphatic rings. The van der Waals surface area contributed by atoms with Gasteiger partial charge < -0.3 is 13.9 Å². The van der Waals surface area contributed by atoms with Crippen molar-refractivity contribution in [3.05, 3.63) is 108 Å². The molecule has 0 bridgehead atoms. The predicted molar refractivity (Wildman–Crippen MR) is 191 cm³/mol. The molecule has 0 N–H and O–H groups in total. The normalized spacial score (nSPS) is 19.4. The van der Waals surface area contributed by atoms with Crippen LogP contribution < -0.4 is 10.4 Å². The van der Waals surface area contributed by atoms with Crippen molar-refractivity contribution in [2.45, 2.75) is 84.5 Å². The molecule has 4 aromatic rings. The number of ether oxygens (including phenoxy) is 2. The van der Waals surface area contributed by atoms with Gasteiger partial charge in [-0.25, -0.2) is 4.98 Å². The minimum absolute atomic E-state index is 0.0137. The fourth-order valence-electron chi connectivity index (χ4n) is 6.92. The molecular weight excluding hydrogens is 603 g/mol. The zero-order valence-corrected chi connectivity index (χ0v) is 29.5. The van der Waals surface area contributed by atoms with E-state index in [-0.39, 0.29) is 23.1 Å². The number of carbonyl (C=O) groups excluding carboxylic acids is 2. The van der Waals surface area contributed by atoms with E-state index in [1.807, 2.05) is 56.3 Å². The third kappa shape index (κ3) is 7.42. The van der Waals surface area contributed by atoms with Crippen LogP contribution in [0.25, 0.3) is 17.0 Å². The van der Waals surface area contributed by atoms with Crippen LogP contribution in [0.3, 0.4) is 0 Å². The molecule has 1 saturated carbocycles. The first-order valence-corrected chi connectivity index (χ1v) is 18.6. The number of pyridine rings is 1. The van der Waals surface area contributed by atoms with Crippen LogP contribution in [0.5, 0.6) is 0 Å². The molecule has 47 heavy (non-hydrogen) atoms. The second-order valence-electron chi connectivity index (χ2n) is 13.6. The van der Waals surface area contributed by atoms with E-state index >= 15 is 0 Å². The molecule has 1 heterocycles. The molecule has 6 nitrogen and oxygen atoms in total. The van der Waals surface area contributed by atoms with Gasteiger partial charge in [0.2, 0.25) is 0 Å². The smallest absolute Gasteiger partial charge is 0.315 e. The van der Waals surface area contributed by atoms with Gasteiger partial charge in [-0.2, -0.15) is 0 Å². The maximum Gasteiger partial charge on any atom is 0.315 e. The molecule has 0 aliphatic heterocycles. The zero-order chi connectivity index (χ0) is 33.7. The Morgan fingerprint density at radius 3 is 2.09 bits per heavy atom. The fourth-order valence-corrected chi connectivity index (χ4v) is 11.7. The molecule has 0 radical (unpaired) electrons. The van der Waals surface area contributed by atoms with E-state index < -0.39 is 19.8 Å². The van der Waals surface area contributed by atoms with Crippen LogP contribution >= 0.6 is 0 Å². The van der Waals surface area contributed by atoms with Gasteiger partial charge in [0, 0.05) is 18.4 Å². The first-order chi connectivity index (χ1) is 22.5. The topological polar surface area (TPSA) is 74.7 Å². The van der Waals surface area contributed by atoms with E-state index in [2.05, 4.69) is 81.4 Å². The molecule has 0 saturated heterocycles. The summed E-state index contributed by atoms with van der Waals surface area (Å²) in [4.78, 5) is 29.8. The first kappa shape index (κ1) is 34.3. The number of hydrogen-bond acceptors (Lipinski definition) is 6. The highest BCUT2D eigenvalue weighted by molar-refractivity contribution is 6.99. The Kier molecular flexibility index (Phi) is 10.5. The van der Waals surface area contributed by atoms with Crippen molar-refractivity contribution in [3.8, 4) is 0 Å². The lowest BCUT2D eigenvalue weighted by Gasteiger charge is -2.47. The van der Waals surface area contributed by atoms with E-state index in [4.69, 9.17) is 18.9 Å². The van der Waals surface area contributed by atoms with Gasteiger partial charge >= 0.3 is 11.9 Å². The summed E-state index contributed by atoms with van der Waals surface area (Å²) < 4.78 is 18.4. The predicted octanol–water partition coefficient (Wildman–Crippen LogP) is 7.94. The van der Waals surface area contributed by atoms with Crippen LogP contribution in [-0.4, -0.2) is 38.0 Å². The number of esters is 2. The Bertz CT molecular complexity index is 1670. The third-order valence-electron chi connectivity index (χ3n) is 9.36. The minimum atomic E-state index is -2.71. The van der Waals surface area contributed by atoms with E-state index in [1.165, 1.54) is 17.3 Å². The molecule has 5 rings (SSSR count). The maximum atomic E-state index is 13.6. The van der Waals surface area contributed by atoms with Crippen molar-refractivity contribution in [1.82, 2.24) is 4.98 Å². The van der Waals surface area contributed by atoms with Crippen molar-refractivity contribution in [3.63, 3.8) is 0 Å². The molecule has 246 valence electrons. The monoisotopic (exact) mass is 649 g/mol. The Morgan fingerprint density at radius 1 is 0.936 bits per heavy atom. The highest BCUT2D eigenvalue weighted by Crippen LogP contribution is 2.44. The Hall–Kier alpha value is -4.07. The number of hydrogen-bond donors (Lipinski definition) is 0. The van der Waals surface area contributed by atoms with Crippen LogP contribution in [0, 0.1) is 5.41 Å². The van der Waals surface area contributed by atoms with Crippen molar-refractivity contribution < 1.29 is 23.5 Å². The maximum absolute atomic E-state index is 13.6. The number of nitrogens with zero attached hydrogens (tertiary/aromatic N) is 1. The van der Waals surface area contributed by atoms with Gasteiger partial charge in [0.15, 0.2) is 0 Å². The lowest BCUT2D eigenvalue weighted by molar-refractivity contribution is -0.155. The van der Waals surface area contributed by atoms with E-state index in [0.717, 1.165) is 29.3 Å². The van der Waals surface area contributed by atoms with Crippen LogP contribution in [0.2, 0.25) is 5.04 Å². The number of aromatic nitrogens is 1. The quantitative estimate of drug-likeness (QED) is 0.128. The van der Waals surface area contributed by atoms with E-state index in [0.29, 0.717) is 25.1 Å². The molecule has 1 fully saturated rings. The third-order valence-corrected chi connectivity index (χ3v) is 14.5. The Labute approximate surface area is 280 Å². The molecular formula is C40H47NO5Si. The summed E-state index contributed by atoms with van der Waals surface area (Å²) in [7, 11) is -2.71. The van der Waals surface area contributed by atoms with Crippen molar-refractivity contribution in [2.24, 2.45) is 5.41 Å².